The highest BCUT2D eigenvalue weighted by molar-refractivity contribution is 7.13. The molecular weight excluding hydrogens is 330 g/mol. The lowest BCUT2D eigenvalue weighted by molar-refractivity contribution is 0.286. The molecule has 0 saturated carbocycles. The fraction of sp³-hybridized carbons (Fsp3) is 0.286. The number of tetrazole rings is 1. The van der Waals surface area contributed by atoms with Gasteiger partial charge in [-0.05, 0) is 31.2 Å². The Balaban J connectivity index is 1.89. The molecule has 3 aromatic heterocycles. The third-order valence-electron chi connectivity index (χ3n) is 3.50. The van der Waals surface area contributed by atoms with E-state index in [1.54, 1.807) is 6.92 Å². The van der Waals surface area contributed by atoms with Gasteiger partial charge in [-0.15, -0.1) is 16.4 Å². The van der Waals surface area contributed by atoms with E-state index in [0.29, 0.717) is 32.8 Å². The van der Waals surface area contributed by atoms with Gasteiger partial charge in [-0.2, -0.15) is 15.2 Å². The topological polar surface area (TPSA) is 126 Å². The van der Waals surface area contributed by atoms with Crippen LogP contribution in [-0.4, -0.2) is 25.4 Å². The molecule has 0 fully saturated rings. The molecule has 0 aliphatic heterocycles. The summed E-state index contributed by atoms with van der Waals surface area (Å²) in [6.07, 6.45) is 0. The summed E-state index contributed by atoms with van der Waals surface area (Å²) < 4.78 is 12.3. The van der Waals surface area contributed by atoms with Crippen molar-refractivity contribution in [1.29, 1.82) is 10.5 Å². The summed E-state index contributed by atoms with van der Waals surface area (Å²) in [5.41, 5.74) is 2.19. The second-order valence-corrected chi connectivity index (χ2v) is 5.95. The van der Waals surface area contributed by atoms with Crippen LogP contribution >= 0.6 is 11.3 Å². The van der Waals surface area contributed by atoms with Crippen molar-refractivity contribution in [1.82, 2.24) is 25.4 Å². The van der Waals surface area contributed by atoms with Crippen molar-refractivity contribution >= 4 is 11.3 Å². The second kappa shape index (κ2) is 6.10. The minimum atomic E-state index is 0.0172. The standard InChI is InChI=1S/C14H11N7O2S/c1-7-9(3)18-23-14(7)21-12(17-19-20-21)6-22-13-8(2)10(4-15)24-11(13)5-16/h6H2,1-3H3. The Morgan fingerprint density at radius 3 is 2.54 bits per heavy atom. The van der Waals surface area contributed by atoms with Crippen LogP contribution in [0.4, 0.5) is 0 Å². The Bertz CT molecular complexity index is 986. The van der Waals surface area contributed by atoms with Gasteiger partial charge in [0, 0.05) is 11.1 Å². The van der Waals surface area contributed by atoms with Crippen LogP contribution in [0.1, 0.15) is 32.4 Å². The first-order valence-electron chi connectivity index (χ1n) is 6.83. The minimum absolute atomic E-state index is 0.0172. The molecule has 9 nitrogen and oxygen atoms in total. The van der Waals surface area contributed by atoms with Crippen molar-refractivity contribution in [3.05, 3.63) is 32.4 Å². The summed E-state index contributed by atoms with van der Waals surface area (Å²) in [5.74, 6) is 1.18. The third kappa shape index (κ3) is 2.49. The first kappa shape index (κ1) is 15.6. The summed E-state index contributed by atoms with van der Waals surface area (Å²) >= 11 is 1.10. The van der Waals surface area contributed by atoms with Crippen molar-refractivity contribution in [2.45, 2.75) is 27.4 Å². The van der Waals surface area contributed by atoms with E-state index < -0.39 is 0 Å². The van der Waals surface area contributed by atoms with Crippen LogP contribution in [0.25, 0.3) is 5.88 Å². The summed E-state index contributed by atoms with van der Waals surface area (Å²) in [6, 6.07) is 4.09. The number of nitriles is 2. The third-order valence-corrected chi connectivity index (χ3v) is 4.58. The van der Waals surface area contributed by atoms with E-state index in [2.05, 4.69) is 20.7 Å². The van der Waals surface area contributed by atoms with Crippen LogP contribution in [0.15, 0.2) is 4.52 Å². The smallest absolute Gasteiger partial charge is 0.258 e. The Labute approximate surface area is 140 Å². The fourth-order valence-electron chi connectivity index (χ4n) is 2.04. The molecule has 3 heterocycles. The first-order valence-corrected chi connectivity index (χ1v) is 7.65. The maximum absolute atomic E-state index is 9.18. The highest BCUT2D eigenvalue weighted by Crippen LogP contribution is 2.34. The molecule has 10 heteroatoms. The van der Waals surface area contributed by atoms with E-state index in [1.807, 2.05) is 26.0 Å². The van der Waals surface area contributed by atoms with Gasteiger partial charge in [0.25, 0.3) is 5.88 Å². The van der Waals surface area contributed by atoms with Crippen molar-refractivity contribution in [3.63, 3.8) is 0 Å². The number of rotatable bonds is 4. The molecule has 0 saturated heterocycles. The molecule has 3 aromatic rings. The zero-order chi connectivity index (χ0) is 17.3. The van der Waals surface area contributed by atoms with Gasteiger partial charge in [-0.25, -0.2) is 0 Å². The summed E-state index contributed by atoms with van der Waals surface area (Å²) in [4.78, 5) is 0.789. The number of thiophene rings is 1. The number of hydrogen-bond donors (Lipinski definition) is 0. The van der Waals surface area contributed by atoms with Gasteiger partial charge in [0.2, 0.25) is 0 Å². The Morgan fingerprint density at radius 2 is 1.92 bits per heavy atom. The number of hydrogen-bond acceptors (Lipinski definition) is 9. The SMILES string of the molecule is Cc1noc(-n2nnnc2COc2c(C#N)sc(C#N)c2C)c1C. The predicted molar refractivity (Wildman–Crippen MR) is 81.5 cm³/mol. The highest BCUT2D eigenvalue weighted by Gasteiger charge is 2.20. The molecular formula is C14H11N7O2S. The number of ether oxygens (including phenoxy) is 1. The molecule has 0 aromatic carbocycles. The molecule has 0 spiro atoms. The molecule has 0 aliphatic rings. The maximum Gasteiger partial charge on any atom is 0.258 e. The molecule has 0 bridgehead atoms. The van der Waals surface area contributed by atoms with E-state index in [0.717, 1.165) is 22.6 Å². The summed E-state index contributed by atoms with van der Waals surface area (Å²) in [5, 5.41) is 33.6. The van der Waals surface area contributed by atoms with Crippen LogP contribution in [-0.2, 0) is 6.61 Å². The Kier molecular flexibility index (Phi) is 3.98. The minimum Gasteiger partial charge on any atom is -0.483 e. The maximum atomic E-state index is 9.18. The lowest BCUT2D eigenvalue weighted by Gasteiger charge is -2.05. The van der Waals surface area contributed by atoms with E-state index in [-0.39, 0.29) is 6.61 Å². The molecule has 24 heavy (non-hydrogen) atoms. The van der Waals surface area contributed by atoms with Crippen LogP contribution in [0.3, 0.4) is 0 Å². The predicted octanol–water partition coefficient (Wildman–Crippen LogP) is 1.96. The Hall–Kier alpha value is -3.24. The van der Waals surface area contributed by atoms with Gasteiger partial charge in [0.15, 0.2) is 18.2 Å². The van der Waals surface area contributed by atoms with Gasteiger partial charge >= 0.3 is 0 Å². The van der Waals surface area contributed by atoms with E-state index in [9.17, 15) is 5.26 Å². The van der Waals surface area contributed by atoms with Crippen molar-refractivity contribution < 1.29 is 9.26 Å². The first-order chi connectivity index (χ1) is 11.6. The lowest BCUT2D eigenvalue weighted by Crippen LogP contribution is -2.07. The molecule has 3 rings (SSSR count). The fourth-order valence-corrected chi connectivity index (χ4v) is 2.89. The van der Waals surface area contributed by atoms with Crippen molar-refractivity contribution in [2.24, 2.45) is 0 Å². The molecule has 0 N–H and O–H groups in total. The second-order valence-electron chi connectivity index (χ2n) is 4.93. The van der Waals surface area contributed by atoms with Gasteiger partial charge in [-0.3, -0.25) is 0 Å². The van der Waals surface area contributed by atoms with E-state index >= 15 is 0 Å². The van der Waals surface area contributed by atoms with Gasteiger partial charge in [0.05, 0.1) is 5.69 Å². The molecule has 0 radical (unpaired) electrons. The zero-order valence-electron chi connectivity index (χ0n) is 13.1. The largest absolute Gasteiger partial charge is 0.483 e. The Morgan fingerprint density at radius 1 is 1.17 bits per heavy atom. The van der Waals surface area contributed by atoms with Crippen molar-refractivity contribution in [2.75, 3.05) is 0 Å². The van der Waals surface area contributed by atoms with Crippen LogP contribution < -0.4 is 4.74 Å². The number of nitrogens with zero attached hydrogens (tertiary/aromatic N) is 7. The lowest BCUT2D eigenvalue weighted by atomic mass is 10.2. The van der Waals surface area contributed by atoms with Gasteiger partial charge in [0.1, 0.15) is 21.9 Å². The van der Waals surface area contributed by atoms with Crippen LogP contribution in [0, 0.1) is 43.4 Å². The molecule has 0 aliphatic carbocycles. The average molecular weight is 341 g/mol. The molecule has 0 amide bonds. The van der Waals surface area contributed by atoms with Crippen LogP contribution in [0.5, 0.6) is 5.75 Å². The average Bonchev–Trinajstić information content (AvgIpc) is 3.25. The highest BCUT2D eigenvalue weighted by atomic mass is 32.1. The summed E-state index contributed by atoms with van der Waals surface area (Å²) in [7, 11) is 0. The zero-order valence-corrected chi connectivity index (χ0v) is 13.9. The molecule has 0 unspecified atom stereocenters. The van der Waals surface area contributed by atoms with E-state index in [1.165, 1.54) is 4.68 Å². The monoisotopic (exact) mass is 341 g/mol. The number of aryl methyl sites for hydroxylation is 1. The molecule has 120 valence electrons. The molecule has 0 atom stereocenters. The van der Waals surface area contributed by atoms with Crippen LogP contribution in [0.2, 0.25) is 0 Å². The van der Waals surface area contributed by atoms with E-state index in [4.69, 9.17) is 14.5 Å². The normalized spacial score (nSPS) is 10.4. The number of aromatic nitrogens is 5. The van der Waals surface area contributed by atoms with Gasteiger partial charge in [-0.1, -0.05) is 5.16 Å². The summed E-state index contributed by atoms with van der Waals surface area (Å²) in [6.45, 7) is 5.42. The quantitative estimate of drug-likeness (QED) is 0.704. The van der Waals surface area contributed by atoms with Gasteiger partial charge < -0.3 is 9.26 Å². The van der Waals surface area contributed by atoms with Crippen molar-refractivity contribution in [3.8, 4) is 23.8 Å².